The van der Waals surface area contributed by atoms with Gasteiger partial charge in [0.15, 0.2) is 0 Å². The number of likely N-dealkylation sites (tertiary alicyclic amines) is 1. The van der Waals surface area contributed by atoms with Gasteiger partial charge in [0, 0.05) is 31.7 Å². The maximum atomic E-state index is 13.3. The molecule has 2 heterocycles. The average molecular weight is 543 g/mol. The summed E-state index contributed by atoms with van der Waals surface area (Å²) in [5.74, 6) is -1.02. The highest BCUT2D eigenvalue weighted by Gasteiger charge is 2.45. The van der Waals surface area contributed by atoms with Gasteiger partial charge in [-0.3, -0.25) is 14.5 Å². The first-order valence-electron chi connectivity index (χ1n) is 13.6. The fraction of sp³-hybridized carbons (Fsp3) is 0.312. The summed E-state index contributed by atoms with van der Waals surface area (Å²) in [6.07, 6.45) is 0.662. The minimum absolute atomic E-state index is 0.00963. The van der Waals surface area contributed by atoms with Crippen LogP contribution in [0.25, 0.3) is 5.76 Å². The molecule has 0 aliphatic carbocycles. The second kappa shape index (κ2) is 12.4. The Morgan fingerprint density at radius 2 is 1.73 bits per heavy atom. The first-order chi connectivity index (χ1) is 19.4. The fourth-order valence-electron chi connectivity index (χ4n) is 5.27. The Labute approximate surface area is 234 Å². The van der Waals surface area contributed by atoms with Gasteiger partial charge in [-0.1, -0.05) is 42.0 Å². The lowest BCUT2D eigenvalue weighted by molar-refractivity contribution is -0.140. The maximum Gasteiger partial charge on any atom is 0.295 e. The van der Waals surface area contributed by atoms with E-state index in [1.165, 1.54) is 17.0 Å². The molecule has 3 aromatic carbocycles. The molecular weight excluding hydrogens is 508 g/mol. The predicted molar refractivity (Wildman–Crippen MR) is 151 cm³/mol. The number of morpholine rings is 1. The second-order valence-electron chi connectivity index (χ2n) is 10.2. The number of phenolic OH excluding ortho intramolecular Hbond substituents is 1. The molecule has 0 spiro atoms. The highest BCUT2D eigenvalue weighted by molar-refractivity contribution is 6.46. The van der Waals surface area contributed by atoms with Crippen LogP contribution in [-0.4, -0.2) is 71.1 Å². The average Bonchev–Trinajstić information content (AvgIpc) is 3.22. The highest BCUT2D eigenvalue weighted by Crippen LogP contribution is 2.40. The monoisotopic (exact) mass is 542 g/mol. The Bertz CT molecular complexity index is 1390. The lowest BCUT2D eigenvalue weighted by Gasteiger charge is -2.29. The molecule has 40 heavy (non-hydrogen) atoms. The van der Waals surface area contributed by atoms with Crippen molar-refractivity contribution in [2.75, 3.05) is 39.4 Å². The van der Waals surface area contributed by atoms with Gasteiger partial charge in [-0.25, -0.2) is 0 Å². The van der Waals surface area contributed by atoms with E-state index < -0.39 is 17.7 Å². The SMILES string of the molecule is Cc1cccc(COc2ccc(/C(O)=C3\C(=O)C(=O)N(CCCN4CCOCC4)[C@H]3c3cccc(O)c3)cc2)c1. The molecule has 3 aromatic rings. The number of phenols is 1. The Morgan fingerprint density at radius 1 is 0.975 bits per heavy atom. The molecular formula is C32H34N2O6. The van der Waals surface area contributed by atoms with Crippen LogP contribution in [-0.2, 0) is 20.9 Å². The summed E-state index contributed by atoms with van der Waals surface area (Å²) in [5, 5.41) is 21.5. The number of Topliss-reactive ketones (excluding diaryl/α,β-unsaturated/α-hetero) is 1. The summed E-state index contributed by atoms with van der Waals surface area (Å²) in [4.78, 5) is 30.3. The number of nitrogens with zero attached hydrogens (tertiary/aromatic N) is 2. The first-order valence-corrected chi connectivity index (χ1v) is 13.6. The van der Waals surface area contributed by atoms with Crippen molar-refractivity contribution in [2.45, 2.75) is 26.0 Å². The topological polar surface area (TPSA) is 99.5 Å². The van der Waals surface area contributed by atoms with Crippen molar-refractivity contribution in [3.63, 3.8) is 0 Å². The Kier molecular flexibility index (Phi) is 8.48. The summed E-state index contributed by atoms with van der Waals surface area (Å²) in [5.41, 5.74) is 3.17. The number of carbonyl (C=O) groups excluding carboxylic acids is 2. The number of ether oxygens (including phenoxy) is 2. The number of hydrogen-bond donors (Lipinski definition) is 2. The number of ketones is 1. The third-order valence-corrected chi connectivity index (χ3v) is 7.32. The molecule has 8 heteroatoms. The second-order valence-corrected chi connectivity index (χ2v) is 10.2. The van der Waals surface area contributed by atoms with Crippen molar-refractivity contribution in [3.05, 3.63) is 101 Å². The van der Waals surface area contributed by atoms with Gasteiger partial charge in [0.25, 0.3) is 11.7 Å². The van der Waals surface area contributed by atoms with Crippen molar-refractivity contribution >= 4 is 17.4 Å². The minimum Gasteiger partial charge on any atom is -0.508 e. The standard InChI is InChI=1S/C32H34N2O6/c1-22-5-2-6-23(19-22)21-40-27-11-9-24(10-12-27)30(36)28-29(25-7-3-8-26(35)20-25)34(32(38)31(28)37)14-4-13-33-15-17-39-18-16-33/h2-3,5-12,19-20,29,35-36H,4,13-18,21H2,1H3/b30-28+/t29-/m0/s1. The Hall–Kier alpha value is -4.14. The smallest absolute Gasteiger partial charge is 0.295 e. The number of aromatic hydroxyl groups is 1. The number of amides is 1. The zero-order chi connectivity index (χ0) is 28.1. The maximum absolute atomic E-state index is 13.3. The fourth-order valence-corrected chi connectivity index (χ4v) is 5.27. The van der Waals surface area contributed by atoms with Gasteiger partial charge >= 0.3 is 0 Å². The lowest BCUT2D eigenvalue weighted by Crippen LogP contribution is -2.38. The molecule has 2 aliphatic rings. The molecule has 5 rings (SSSR count). The zero-order valence-electron chi connectivity index (χ0n) is 22.6. The normalized spacial score (nSPS) is 19.2. The van der Waals surface area contributed by atoms with Crippen LogP contribution < -0.4 is 4.74 Å². The summed E-state index contributed by atoms with van der Waals surface area (Å²) in [7, 11) is 0. The molecule has 1 atom stereocenters. The van der Waals surface area contributed by atoms with Gasteiger partial charge in [-0.05, 0) is 60.9 Å². The summed E-state index contributed by atoms with van der Waals surface area (Å²) >= 11 is 0. The zero-order valence-corrected chi connectivity index (χ0v) is 22.6. The van der Waals surface area contributed by atoms with Crippen LogP contribution in [0.3, 0.4) is 0 Å². The van der Waals surface area contributed by atoms with Crippen LogP contribution in [0.1, 0.15) is 34.7 Å². The number of rotatable bonds is 9. The van der Waals surface area contributed by atoms with E-state index in [0.717, 1.165) is 30.8 Å². The molecule has 0 bridgehead atoms. The van der Waals surface area contributed by atoms with E-state index in [4.69, 9.17) is 9.47 Å². The van der Waals surface area contributed by atoms with Gasteiger partial charge < -0.3 is 24.6 Å². The van der Waals surface area contributed by atoms with Crippen molar-refractivity contribution in [2.24, 2.45) is 0 Å². The summed E-state index contributed by atoms with van der Waals surface area (Å²) in [6.45, 7) is 6.57. The predicted octanol–water partition coefficient (Wildman–Crippen LogP) is 4.42. The van der Waals surface area contributed by atoms with Crippen molar-refractivity contribution in [1.29, 1.82) is 0 Å². The van der Waals surface area contributed by atoms with Crippen molar-refractivity contribution in [1.82, 2.24) is 9.80 Å². The van der Waals surface area contributed by atoms with E-state index in [0.29, 0.717) is 49.7 Å². The minimum atomic E-state index is -0.811. The first kappa shape index (κ1) is 27.4. The van der Waals surface area contributed by atoms with Crippen LogP contribution >= 0.6 is 0 Å². The number of aliphatic hydroxyl groups is 1. The third-order valence-electron chi connectivity index (χ3n) is 7.32. The molecule has 0 radical (unpaired) electrons. The quantitative estimate of drug-likeness (QED) is 0.235. The van der Waals surface area contributed by atoms with Crippen LogP contribution in [0.5, 0.6) is 11.5 Å². The molecule has 2 N–H and O–H groups in total. The van der Waals surface area contributed by atoms with Gasteiger partial charge in [-0.15, -0.1) is 0 Å². The van der Waals surface area contributed by atoms with Crippen LogP contribution in [0.15, 0.2) is 78.4 Å². The van der Waals surface area contributed by atoms with E-state index in [9.17, 15) is 19.8 Å². The summed E-state index contributed by atoms with van der Waals surface area (Å²) in [6, 6.07) is 20.5. The van der Waals surface area contributed by atoms with E-state index >= 15 is 0 Å². The van der Waals surface area contributed by atoms with E-state index in [2.05, 4.69) is 11.0 Å². The molecule has 2 fully saturated rings. The van der Waals surface area contributed by atoms with E-state index in [1.807, 2.05) is 25.1 Å². The van der Waals surface area contributed by atoms with Crippen LogP contribution in [0, 0.1) is 6.92 Å². The Morgan fingerprint density at radius 3 is 2.45 bits per heavy atom. The molecule has 1 amide bonds. The summed E-state index contributed by atoms with van der Waals surface area (Å²) < 4.78 is 11.3. The van der Waals surface area contributed by atoms with Gasteiger partial charge in [0.2, 0.25) is 0 Å². The van der Waals surface area contributed by atoms with Crippen molar-refractivity contribution in [3.8, 4) is 11.5 Å². The number of aliphatic hydroxyl groups excluding tert-OH is 1. The number of benzene rings is 3. The van der Waals surface area contributed by atoms with Gasteiger partial charge in [-0.2, -0.15) is 0 Å². The van der Waals surface area contributed by atoms with Crippen molar-refractivity contribution < 1.29 is 29.3 Å². The molecule has 2 saturated heterocycles. The number of hydrogen-bond acceptors (Lipinski definition) is 7. The number of aryl methyl sites for hydroxylation is 1. The molecule has 0 unspecified atom stereocenters. The van der Waals surface area contributed by atoms with E-state index in [-0.39, 0.29) is 17.1 Å². The van der Waals surface area contributed by atoms with Crippen LogP contribution in [0.4, 0.5) is 0 Å². The molecule has 0 saturated carbocycles. The van der Waals surface area contributed by atoms with Gasteiger partial charge in [0.1, 0.15) is 23.9 Å². The highest BCUT2D eigenvalue weighted by atomic mass is 16.5. The molecule has 8 nitrogen and oxygen atoms in total. The van der Waals surface area contributed by atoms with Crippen LogP contribution in [0.2, 0.25) is 0 Å². The molecule has 2 aliphatic heterocycles. The lowest BCUT2D eigenvalue weighted by atomic mass is 9.95. The number of carbonyl (C=O) groups is 2. The molecule has 0 aromatic heterocycles. The Balaban J connectivity index is 1.38. The van der Waals surface area contributed by atoms with E-state index in [1.54, 1.807) is 36.4 Å². The largest absolute Gasteiger partial charge is 0.508 e. The molecule has 208 valence electrons. The third kappa shape index (κ3) is 6.19. The van der Waals surface area contributed by atoms with Gasteiger partial charge in [0.05, 0.1) is 24.8 Å².